The molecule has 2 aliphatic heterocycles. The largest absolute Gasteiger partial charge is 0.389 e. The Balaban J connectivity index is 1.43. The maximum Gasteiger partial charge on any atom is 0.389 e. The van der Waals surface area contributed by atoms with Crippen molar-refractivity contribution in [1.82, 2.24) is 4.90 Å². The Morgan fingerprint density at radius 1 is 0.968 bits per heavy atom. The van der Waals surface area contributed by atoms with Crippen LogP contribution in [0, 0.1) is 5.92 Å². The predicted octanol–water partition coefficient (Wildman–Crippen LogP) is 7.01. The quantitative estimate of drug-likeness (QED) is 0.343. The number of anilines is 1. The van der Waals surface area contributed by atoms with E-state index >= 15 is 0 Å². The highest BCUT2D eigenvalue weighted by Crippen LogP contribution is 2.30. The predicted molar refractivity (Wildman–Crippen MR) is 124 cm³/mol. The van der Waals surface area contributed by atoms with Gasteiger partial charge in [-0.3, -0.25) is 0 Å². The lowest BCUT2D eigenvalue weighted by Gasteiger charge is -2.34. The average molecular weight is 439 g/mol. The van der Waals surface area contributed by atoms with Crippen LogP contribution in [0.2, 0.25) is 0 Å². The van der Waals surface area contributed by atoms with Gasteiger partial charge in [-0.15, -0.1) is 0 Å². The monoisotopic (exact) mass is 438 g/mol. The first kappa shape index (κ1) is 24.4. The van der Waals surface area contributed by atoms with Gasteiger partial charge in [0.25, 0.3) is 0 Å². The van der Waals surface area contributed by atoms with Gasteiger partial charge < -0.3 is 9.80 Å². The third-order valence-corrected chi connectivity index (χ3v) is 7.12. The molecule has 3 rings (SSSR count). The Labute approximate surface area is 187 Å². The first-order valence-corrected chi connectivity index (χ1v) is 12.6. The SMILES string of the molecule is CCCCC1CCN(CCCN2CCCc3ccc(CCCCC(F)(F)F)cc32)CC1. The second-order valence-electron chi connectivity index (χ2n) is 9.66. The fourth-order valence-corrected chi connectivity index (χ4v) is 5.22. The number of piperidine rings is 1. The molecule has 0 aliphatic carbocycles. The van der Waals surface area contributed by atoms with Crippen LogP contribution in [0.3, 0.4) is 0 Å². The minimum Gasteiger partial charge on any atom is -0.371 e. The van der Waals surface area contributed by atoms with Crippen LogP contribution in [-0.2, 0) is 12.8 Å². The van der Waals surface area contributed by atoms with Crippen molar-refractivity contribution in [1.29, 1.82) is 0 Å². The summed E-state index contributed by atoms with van der Waals surface area (Å²) in [6.45, 7) is 8.16. The van der Waals surface area contributed by atoms with Gasteiger partial charge in [0.15, 0.2) is 0 Å². The molecule has 0 unspecified atom stereocenters. The first-order valence-electron chi connectivity index (χ1n) is 12.6. The van der Waals surface area contributed by atoms with Gasteiger partial charge in [0.05, 0.1) is 0 Å². The van der Waals surface area contributed by atoms with E-state index in [0.717, 1.165) is 31.8 Å². The summed E-state index contributed by atoms with van der Waals surface area (Å²) < 4.78 is 37.1. The molecule has 0 aromatic heterocycles. The van der Waals surface area contributed by atoms with Gasteiger partial charge in [0, 0.05) is 25.2 Å². The van der Waals surface area contributed by atoms with E-state index in [9.17, 15) is 13.2 Å². The molecule has 2 nitrogen and oxygen atoms in total. The molecule has 0 spiro atoms. The Hall–Kier alpha value is -1.23. The summed E-state index contributed by atoms with van der Waals surface area (Å²) in [5.41, 5.74) is 3.92. The first-order chi connectivity index (χ1) is 14.9. The molecule has 1 saturated heterocycles. The maximum absolute atomic E-state index is 12.4. The molecule has 176 valence electrons. The third-order valence-electron chi connectivity index (χ3n) is 7.12. The van der Waals surface area contributed by atoms with Gasteiger partial charge in [-0.25, -0.2) is 0 Å². The van der Waals surface area contributed by atoms with Crippen LogP contribution in [0.5, 0.6) is 0 Å². The number of hydrogen-bond acceptors (Lipinski definition) is 2. The zero-order valence-electron chi connectivity index (χ0n) is 19.4. The third kappa shape index (κ3) is 8.32. The van der Waals surface area contributed by atoms with Crippen LogP contribution in [0.4, 0.5) is 18.9 Å². The zero-order valence-corrected chi connectivity index (χ0v) is 19.4. The summed E-state index contributed by atoms with van der Waals surface area (Å²) in [4.78, 5) is 5.16. The summed E-state index contributed by atoms with van der Waals surface area (Å²) in [5.74, 6) is 0.944. The Bertz CT molecular complexity index is 651. The molecule has 2 heterocycles. The fourth-order valence-electron chi connectivity index (χ4n) is 5.22. The number of benzene rings is 1. The summed E-state index contributed by atoms with van der Waals surface area (Å²) >= 11 is 0. The van der Waals surface area contributed by atoms with Crippen LogP contribution >= 0.6 is 0 Å². The summed E-state index contributed by atoms with van der Waals surface area (Å²) in [7, 11) is 0. The van der Waals surface area contributed by atoms with E-state index in [-0.39, 0.29) is 6.42 Å². The highest BCUT2D eigenvalue weighted by Gasteiger charge is 2.26. The number of aryl methyl sites for hydroxylation is 2. The van der Waals surface area contributed by atoms with Crippen LogP contribution in [0.25, 0.3) is 0 Å². The number of hydrogen-bond donors (Lipinski definition) is 0. The van der Waals surface area contributed by atoms with Crippen molar-refractivity contribution in [3.63, 3.8) is 0 Å². The average Bonchev–Trinajstić information content (AvgIpc) is 2.76. The molecule has 0 amide bonds. The second-order valence-corrected chi connectivity index (χ2v) is 9.66. The van der Waals surface area contributed by atoms with Crippen LogP contribution in [0.15, 0.2) is 18.2 Å². The number of halogens is 3. The summed E-state index contributed by atoms with van der Waals surface area (Å²) in [5, 5.41) is 0. The smallest absolute Gasteiger partial charge is 0.371 e. The van der Waals surface area contributed by atoms with Crippen molar-refractivity contribution in [2.24, 2.45) is 5.92 Å². The summed E-state index contributed by atoms with van der Waals surface area (Å²) in [6, 6.07) is 6.58. The lowest BCUT2D eigenvalue weighted by atomic mass is 9.91. The van der Waals surface area contributed by atoms with E-state index in [1.165, 1.54) is 81.4 Å². The minimum atomic E-state index is -4.03. The van der Waals surface area contributed by atoms with E-state index in [4.69, 9.17) is 0 Å². The van der Waals surface area contributed by atoms with Gasteiger partial charge in [-0.1, -0.05) is 38.3 Å². The van der Waals surface area contributed by atoms with Crippen LogP contribution in [0.1, 0.15) is 82.3 Å². The Morgan fingerprint density at radius 3 is 2.52 bits per heavy atom. The maximum atomic E-state index is 12.4. The summed E-state index contributed by atoms with van der Waals surface area (Å²) in [6.07, 6.45) is 7.20. The molecule has 1 fully saturated rings. The zero-order chi connectivity index (χ0) is 22.1. The molecule has 0 saturated carbocycles. The highest BCUT2D eigenvalue weighted by molar-refractivity contribution is 5.57. The number of rotatable bonds is 11. The van der Waals surface area contributed by atoms with Crippen molar-refractivity contribution < 1.29 is 13.2 Å². The van der Waals surface area contributed by atoms with E-state index in [0.29, 0.717) is 6.42 Å². The van der Waals surface area contributed by atoms with Crippen LogP contribution in [-0.4, -0.2) is 43.8 Å². The molecule has 1 aromatic rings. The highest BCUT2D eigenvalue weighted by atomic mass is 19.4. The topological polar surface area (TPSA) is 6.48 Å². The normalized spacial score (nSPS) is 18.4. The van der Waals surface area contributed by atoms with Gasteiger partial charge in [-0.2, -0.15) is 13.2 Å². The molecule has 31 heavy (non-hydrogen) atoms. The molecule has 2 aliphatic rings. The van der Waals surface area contributed by atoms with Gasteiger partial charge in [0.1, 0.15) is 0 Å². The van der Waals surface area contributed by atoms with Gasteiger partial charge in [0.2, 0.25) is 0 Å². The van der Waals surface area contributed by atoms with Crippen molar-refractivity contribution in [3.8, 4) is 0 Å². The van der Waals surface area contributed by atoms with Crippen molar-refractivity contribution in [2.75, 3.05) is 37.6 Å². The lowest BCUT2D eigenvalue weighted by Crippen LogP contribution is -2.37. The van der Waals surface area contributed by atoms with Crippen molar-refractivity contribution in [3.05, 3.63) is 29.3 Å². The number of alkyl halides is 3. The molecule has 1 aromatic carbocycles. The van der Waals surface area contributed by atoms with E-state index in [1.54, 1.807) is 0 Å². The number of unbranched alkanes of at least 4 members (excludes halogenated alkanes) is 2. The van der Waals surface area contributed by atoms with Crippen molar-refractivity contribution >= 4 is 5.69 Å². The fraction of sp³-hybridized carbons (Fsp3) is 0.769. The number of likely N-dealkylation sites (tertiary alicyclic amines) is 1. The number of nitrogens with zero attached hydrogens (tertiary/aromatic N) is 2. The molecular weight excluding hydrogens is 397 g/mol. The van der Waals surface area contributed by atoms with E-state index < -0.39 is 12.6 Å². The lowest BCUT2D eigenvalue weighted by molar-refractivity contribution is -0.135. The van der Waals surface area contributed by atoms with Crippen LogP contribution < -0.4 is 4.90 Å². The van der Waals surface area contributed by atoms with E-state index in [2.05, 4.69) is 34.9 Å². The number of fused-ring (bicyclic) bond motifs is 1. The standard InChI is InChI=1S/C26H41F3N2/c1-2-3-8-22-13-19-30(20-14-22)16-7-18-31-17-6-10-24-12-11-23(21-25(24)31)9-4-5-15-26(27,28)29/h11-12,21-22H,2-10,13-20H2,1H3. The molecule has 0 atom stereocenters. The Kier molecular flexibility index (Phi) is 9.55. The molecule has 0 N–H and O–H groups in total. The molecule has 5 heteroatoms. The molecular formula is C26H41F3N2. The minimum absolute atomic E-state index is 0.222. The van der Waals surface area contributed by atoms with Crippen molar-refractivity contribution in [2.45, 2.75) is 90.1 Å². The van der Waals surface area contributed by atoms with Gasteiger partial charge >= 0.3 is 6.18 Å². The molecule has 0 radical (unpaired) electrons. The van der Waals surface area contributed by atoms with Gasteiger partial charge in [-0.05, 0) is 94.1 Å². The molecule has 0 bridgehead atoms. The Morgan fingerprint density at radius 2 is 1.77 bits per heavy atom. The van der Waals surface area contributed by atoms with E-state index in [1.807, 2.05) is 0 Å². The second kappa shape index (κ2) is 12.1.